The molecule has 0 aliphatic carbocycles. The summed E-state index contributed by atoms with van der Waals surface area (Å²) in [5.41, 5.74) is -0.582. The number of hydrogen-bond acceptors (Lipinski definition) is 2. The van der Waals surface area contributed by atoms with Crippen LogP contribution in [-0.4, -0.2) is 4.98 Å². The van der Waals surface area contributed by atoms with Crippen LogP contribution >= 0.6 is 15.9 Å². The van der Waals surface area contributed by atoms with Crippen LogP contribution in [0.15, 0.2) is 36.4 Å². The molecule has 2 nitrogen and oxygen atoms in total. The zero-order valence-corrected chi connectivity index (χ0v) is 11.5. The molecule has 0 aliphatic rings. The normalized spacial score (nSPS) is 11.4. The van der Waals surface area contributed by atoms with Crippen LogP contribution in [-0.2, 0) is 11.5 Å². The molecule has 0 aliphatic heterocycles. The minimum absolute atomic E-state index is 0.0797. The molecule has 1 heterocycles. The molecule has 0 fully saturated rings. The Balaban J connectivity index is 2.40. The second-order valence-electron chi connectivity index (χ2n) is 3.84. The molecule has 1 aromatic carbocycles. The molecule has 0 radical (unpaired) electrons. The van der Waals surface area contributed by atoms with Gasteiger partial charge in [0.2, 0.25) is 5.88 Å². The number of ether oxygens (including phenoxy) is 1. The van der Waals surface area contributed by atoms with Gasteiger partial charge in [-0.3, -0.25) is 0 Å². The van der Waals surface area contributed by atoms with Gasteiger partial charge in [-0.1, -0.05) is 15.9 Å². The Hall–Kier alpha value is -1.63. The number of pyridine rings is 1. The molecule has 0 saturated heterocycles. The van der Waals surface area contributed by atoms with Crippen LogP contribution in [0.2, 0.25) is 0 Å². The summed E-state index contributed by atoms with van der Waals surface area (Å²) in [5, 5.41) is 0.297. The van der Waals surface area contributed by atoms with Crippen molar-refractivity contribution >= 4 is 15.9 Å². The first-order valence-electron chi connectivity index (χ1n) is 5.46. The first-order valence-corrected chi connectivity index (χ1v) is 6.59. The molecule has 7 heteroatoms. The van der Waals surface area contributed by atoms with Crippen LogP contribution in [0.3, 0.4) is 0 Å². The van der Waals surface area contributed by atoms with E-state index in [0.717, 1.165) is 18.2 Å². The van der Waals surface area contributed by atoms with E-state index in [1.807, 2.05) is 0 Å². The van der Waals surface area contributed by atoms with E-state index in [4.69, 9.17) is 4.74 Å². The van der Waals surface area contributed by atoms with Crippen LogP contribution < -0.4 is 4.74 Å². The third-order valence-electron chi connectivity index (χ3n) is 2.39. The monoisotopic (exact) mass is 349 g/mol. The number of benzene rings is 1. The fraction of sp³-hybridized carbons (Fsp3) is 0.154. The summed E-state index contributed by atoms with van der Waals surface area (Å²) in [6.07, 6.45) is -4.58. The molecule has 20 heavy (non-hydrogen) atoms. The Morgan fingerprint density at radius 3 is 2.25 bits per heavy atom. The Morgan fingerprint density at radius 2 is 1.70 bits per heavy atom. The highest BCUT2D eigenvalue weighted by atomic mass is 79.9. The predicted octanol–water partition coefficient (Wildman–Crippen LogP) is 4.93. The van der Waals surface area contributed by atoms with E-state index in [-0.39, 0.29) is 5.75 Å². The van der Waals surface area contributed by atoms with Gasteiger partial charge in [-0.15, -0.1) is 0 Å². The van der Waals surface area contributed by atoms with Crippen molar-refractivity contribution in [3.63, 3.8) is 0 Å². The average molecular weight is 350 g/mol. The summed E-state index contributed by atoms with van der Waals surface area (Å²) in [6.45, 7) is 0. The lowest BCUT2D eigenvalue weighted by atomic mass is 10.2. The number of aromatic nitrogens is 1. The zero-order valence-electron chi connectivity index (χ0n) is 9.92. The van der Waals surface area contributed by atoms with Gasteiger partial charge < -0.3 is 4.74 Å². The molecule has 0 saturated carbocycles. The smallest absolute Gasteiger partial charge is 0.421 e. The molecule has 2 rings (SSSR count). The van der Waals surface area contributed by atoms with E-state index in [2.05, 4.69) is 20.9 Å². The molecule has 0 bridgehead atoms. The summed E-state index contributed by atoms with van der Waals surface area (Å²) in [7, 11) is 0. The van der Waals surface area contributed by atoms with E-state index < -0.39 is 23.4 Å². The molecule has 0 N–H and O–H groups in total. The average Bonchev–Trinajstić information content (AvgIpc) is 2.40. The summed E-state index contributed by atoms with van der Waals surface area (Å²) in [4.78, 5) is 3.79. The van der Waals surface area contributed by atoms with Crippen molar-refractivity contribution in [3.05, 3.63) is 53.5 Å². The maximum atomic E-state index is 12.9. The van der Waals surface area contributed by atoms with Crippen LogP contribution in [0.1, 0.15) is 11.3 Å². The highest BCUT2D eigenvalue weighted by Crippen LogP contribution is 2.37. The van der Waals surface area contributed by atoms with Gasteiger partial charge in [0.05, 0.1) is 5.69 Å². The Labute approximate surface area is 120 Å². The van der Waals surface area contributed by atoms with E-state index in [1.165, 1.54) is 18.2 Å². The molecule has 0 spiro atoms. The highest BCUT2D eigenvalue weighted by Gasteiger charge is 2.35. The quantitative estimate of drug-likeness (QED) is 0.579. The van der Waals surface area contributed by atoms with Crippen molar-refractivity contribution in [3.8, 4) is 11.6 Å². The van der Waals surface area contributed by atoms with Crippen molar-refractivity contribution in [2.45, 2.75) is 11.5 Å². The van der Waals surface area contributed by atoms with Crippen molar-refractivity contribution < 1.29 is 22.3 Å². The van der Waals surface area contributed by atoms with E-state index in [9.17, 15) is 17.6 Å². The van der Waals surface area contributed by atoms with Crippen molar-refractivity contribution in [1.29, 1.82) is 0 Å². The number of hydrogen-bond donors (Lipinski definition) is 0. The summed E-state index contributed by atoms with van der Waals surface area (Å²) >= 11 is 3.11. The van der Waals surface area contributed by atoms with Gasteiger partial charge in [0, 0.05) is 5.33 Å². The maximum Gasteiger partial charge on any atom is 0.421 e. The largest absolute Gasteiger partial charge is 0.438 e. The number of alkyl halides is 4. The number of halogens is 5. The fourth-order valence-corrected chi connectivity index (χ4v) is 1.77. The topological polar surface area (TPSA) is 22.1 Å². The minimum atomic E-state index is -4.58. The summed E-state index contributed by atoms with van der Waals surface area (Å²) in [6, 6.07) is 6.82. The lowest BCUT2D eigenvalue weighted by molar-refractivity contribution is -0.138. The molecule has 0 atom stereocenters. The second-order valence-corrected chi connectivity index (χ2v) is 4.40. The van der Waals surface area contributed by atoms with Gasteiger partial charge >= 0.3 is 6.18 Å². The molecular formula is C13H8BrF4NO. The van der Waals surface area contributed by atoms with Crippen molar-refractivity contribution in [2.24, 2.45) is 0 Å². The molecule has 0 unspecified atom stereocenters. The standard InChI is InChI=1S/C13H8BrF4NO/c14-7-9-3-6-11(13(16,17)18)12(19-9)20-10-4-1-8(15)2-5-10/h1-6H,7H2. The zero-order chi connectivity index (χ0) is 14.8. The van der Waals surface area contributed by atoms with Gasteiger partial charge in [-0.2, -0.15) is 13.2 Å². The molecule has 106 valence electrons. The Morgan fingerprint density at radius 1 is 1.05 bits per heavy atom. The maximum absolute atomic E-state index is 12.9. The van der Waals surface area contributed by atoms with Gasteiger partial charge in [-0.25, -0.2) is 9.37 Å². The van der Waals surface area contributed by atoms with Gasteiger partial charge in [0.1, 0.15) is 17.1 Å². The third-order valence-corrected chi connectivity index (χ3v) is 2.96. The van der Waals surface area contributed by atoms with Crippen LogP contribution in [0.5, 0.6) is 11.6 Å². The SMILES string of the molecule is Fc1ccc(Oc2nc(CBr)ccc2C(F)(F)F)cc1. The Kier molecular flexibility index (Phi) is 4.27. The second kappa shape index (κ2) is 5.78. The molecule has 2 aromatic rings. The first-order chi connectivity index (χ1) is 9.40. The molecule has 1 aromatic heterocycles. The predicted molar refractivity (Wildman–Crippen MR) is 68.3 cm³/mol. The molecule has 0 amide bonds. The van der Waals surface area contributed by atoms with Gasteiger partial charge in [0.25, 0.3) is 0 Å². The van der Waals surface area contributed by atoms with Crippen LogP contribution in [0.4, 0.5) is 17.6 Å². The fourth-order valence-electron chi connectivity index (χ4n) is 1.46. The highest BCUT2D eigenvalue weighted by molar-refractivity contribution is 9.08. The summed E-state index contributed by atoms with van der Waals surface area (Å²) in [5.74, 6) is -0.979. The van der Waals surface area contributed by atoms with E-state index in [0.29, 0.717) is 11.0 Å². The minimum Gasteiger partial charge on any atom is -0.438 e. The van der Waals surface area contributed by atoms with Crippen LogP contribution in [0.25, 0.3) is 0 Å². The van der Waals surface area contributed by atoms with Crippen molar-refractivity contribution in [1.82, 2.24) is 4.98 Å². The van der Waals surface area contributed by atoms with Crippen molar-refractivity contribution in [2.75, 3.05) is 0 Å². The van der Waals surface area contributed by atoms with E-state index in [1.54, 1.807) is 0 Å². The van der Waals surface area contributed by atoms with Crippen LogP contribution in [0, 0.1) is 5.82 Å². The Bertz CT molecular complexity index is 598. The number of rotatable bonds is 3. The molecular weight excluding hydrogens is 342 g/mol. The van der Waals surface area contributed by atoms with E-state index >= 15 is 0 Å². The lowest BCUT2D eigenvalue weighted by Crippen LogP contribution is -2.09. The number of nitrogens with zero attached hydrogens (tertiary/aromatic N) is 1. The van der Waals surface area contributed by atoms with Gasteiger partial charge in [0.15, 0.2) is 0 Å². The third kappa shape index (κ3) is 3.47. The lowest BCUT2D eigenvalue weighted by Gasteiger charge is -2.13. The first kappa shape index (κ1) is 14.8. The van der Waals surface area contributed by atoms with Gasteiger partial charge in [-0.05, 0) is 36.4 Å². The summed E-state index contributed by atoms with van der Waals surface area (Å²) < 4.78 is 56.4.